The van der Waals surface area contributed by atoms with E-state index in [1.165, 1.54) is 0 Å². The molecule has 1 amide bonds. The Bertz CT molecular complexity index is 1100. The number of aromatic nitrogens is 3. The summed E-state index contributed by atoms with van der Waals surface area (Å²) in [6.07, 6.45) is 5.28. The minimum Gasteiger partial charge on any atom is -0.385 e. The summed E-state index contributed by atoms with van der Waals surface area (Å²) >= 11 is 0. The number of benzene rings is 1. The lowest BCUT2D eigenvalue weighted by Gasteiger charge is -2.20. The van der Waals surface area contributed by atoms with E-state index in [2.05, 4.69) is 20.5 Å². The molecular formula is C20H20N6O2. The highest BCUT2D eigenvalue weighted by Gasteiger charge is 2.28. The van der Waals surface area contributed by atoms with E-state index < -0.39 is 0 Å². The molecule has 1 aliphatic heterocycles. The molecule has 1 saturated carbocycles. The molecule has 1 aliphatic carbocycles. The Labute approximate surface area is 161 Å². The molecule has 8 heteroatoms. The molecule has 3 aromatic rings. The summed E-state index contributed by atoms with van der Waals surface area (Å²) in [6, 6.07) is 7.89. The molecule has 0 spiro atoms. The van der Waals surface area contributed by atoms with Gasteiger partial charge in [-0.3, -0.25) is 9.59 Å². The average Bonchev–Trinajstić information content (AvgIpc) is 3.26. The van der Waals surface area contributed by atoms with Crippen LogP contribution in [0.2, 0.25) is 0 Å². The normalized spacial score (nSPS) is 15.5. The topological polar surface area (TPSA) is 91.6 Å². The summed E-state index contributed by atoms with van der Waals surface area (Å²) in [7, 11) is 1.82. The van der Waals surface area contributed by atoms with Crippen molar-refractivity contribution in [2.24, 2.45) is 0 Å². The number of hydrogen-bond donors (Lipinski definition) is 2. The number of carbonyl (C=O) groups is 2. The summed E-state index contributed by atoms with van der Waals surface area (Å²) in [5, 5.41) is 10.9. The van der Waals surface area contributed by atoms with Crippen LogP contribution in [-0.2, 0) is 6.42 Å². The molecule has 0 atom stereocenters. The third-order valence-corrected chi connectivity index (χ3v) is 5.34. The fraction of sp³-hybridized carbons (Fsp3) is 0.300. The summed E-state index contributed by atoms with van der Waals surface area (Å²) in [4.78, 5) is 30.4. The van der Waals surface area contributed by atoms with Gasteiger partial charge in [0.15, 0.2) is 17.2 Å². The van der Waals surface area contributed by atoms with Crippen molar-refractivity contribution in [1.82, 2.24) is 19.9 Å². The van der Waals surface area contributed by atoms with Gasteiger partial charge in [0, 0.05) is 37.0 Å². The highest BCUT2D eigenvalue weighted by atomic mass is 16.2. The van der Waals surface area contributed by atoms with Gasteiger partial charge in [-0.1, -0.05) is 12.1 Å². The Hall–Kier alpha value is -3.42. The monoisotopic (exact) mass is 376 g/mol. The summed E-state index contributed by atoms with van der Waals surface area (Å²) in [6.45, 7) is 0.722. The molecule has 28 heavy (non-hydrogen) atoms. The van der Waals surface area contributed by atoms with Gasteiger partial charge in [-0.25, -0.2) is 9.50 Å². The van der Waals surface area contributed by atoms with Gasteiger partial charge in [0.25, 0.3) is 5.91 Å². The first-order chi connectivity index (χ1) is 13.7. The van der Waals surface area contributed by atoms with E-state index in [1.54, 1.807) is 10.7 Å². The molecule has 5 rings (SSSR count). The van der Waals surface area contributed by atoms with Crippen LogP contribution in [0.3, 0.4) is 0 Å². The number of amides is 1. The average molecular weight is 376 g/mol. The zero-order valence-electron chi connectivity index (χ0n) is 15.5. The van der Waals surface area contributed by atoms with Crippen LogP contribution in [0.4, 0.5) is 17.2 Å². The predicted molar refractivity (Wildman–Crippen MR) is 106 cm³/mol. The fourth-order valence-corrected chi connectivity index (χ4v) is 3.72. The van der Waals surface area contributed by atoms with E-state index >= 15 is 0 Å². The number of carbonyl (C=O) groups excluding carboxylic acids is 2. The SMILES string of the molecule is CNc1cc(N2CCc3c(C=O)cccc32)nn2c(C(=O)NC3CC3)cnc12. The molecule has 2 aromatic heterocycles. The summed E-state index contributed by atoms with van der Waals surface area (Å²) < 4.78 is 1.60. The lowest BCUT2D eigenvalue weighted by atomic mass is 10.1. The third-order valence-electron chi connectivity index (χ3n) is 5.34. The molecule has 3 heterocycles. The number of hydrogen-bond acceptors (Lipinski definition) is 6. The first-order valence-corrected chi connectivity index (χ1v) is 9.41. The lowest BCUT2D eigenvalue weighted by molar-refractivity contribution is 0.0943. The van der Waals surface area contributed by atoms with E-state index in [-0.39, 0.29) is 11.9 Å². The number of nitrogens with one attached hydrogen (secondary N) is 2. The maximum Gasteiger partial charge on any atom is 0.271 e. The van der Waals surface area contributed by atoms with Crippen LogP contribution in [0.25, 0.3) is 5.65 Å². The second-order valence-electron chi connectivity index (χ2n) is 7.16. The first-order valence-electron chi connectivity index (χ1n) is 9.41. The largest absolute Gasteiger partial charge is 0.385 e. The van der Waals surface area contributed by atoms with Crippen LogP contribution in [0, 0.1) is 0 Å². The lowest BCUT2D eigenvalue weighted by Crippen LogP contribution is -2.27. The number of nitrogens with zero attached hydrogens (tertiary/aromatic N) is 4. The molecule has 0 bridgehead atoms. The Morgan fingerprint density at radius 3 is 2.93 bits per heavy atom. The number of rotatable bonds is 5. The number of fused-ring (bicyclic) bond motifs is 2. The van der Waals surface area contributed by atoms with Crippen LogP contribution in [0.5, 0.6) is 0 Å². The minimum absolute atomic E-state index is 0.160. The van der Waals surface area contributed by atoms with Crippen LogP contribution in [0.15, 0.2) is 30.5 Å². The van der Waals surface area contributed by atoms with E-state index in [0.717, 1.165) is 49.0 Å². The molecule has 1 fully saturated rings. The van der Waals surface area contributed by atoms with Gasteiger partial charge in [0.05, 0.1) is 11.9 Å². The van der Waals surface area contributed by atoms with E-state index in [1.807, 2.05) is 31.3 Å². The Kier molecular flexibility index (Phi) is 3.78. The van der Waals surface area contributed by atoms with Gasteiger partial charge in [0.2, 0.25) is 0 Å². The van der Waals surface area contributed by atoms with E-state index in [4.69, 9.17) is 5.10 Å². The highest BCUT2D eigenvalue weighted by Crippen LogP contribution is 2.36. The van der Waals surface area contributed by atoms with E-state index in [9.17, 15) is 9.59 Å². The number of imidazole rings is 1. The number of anilines is 3. The van der Waals surface area contributed by atoms with Gasteiger partial charge in [0.1, 0.15) is 6.29 Å². The Balaban J connectivity index is 1.61. The van der Waals surface area contributed by atoms with Crippen molar-refractivity contribution in [1.29, 1.82) is 0 Å². The molecule has 2 N–H and O–H groups in total. The van der Waals surface area contributed by atoms with Crippen molar-refractivity contribution in [2.75, 3.05) is 23.8 Å². The summed E-state index contributed by atoms with van der Waals surface area (Å²) in [5.74, 6) is 0.545. The zero-order valence-corrected chi connectivity index (χ0v) is 15.5. The fourth-order valence-electron chi connectivity index (χ4n) is 3.72. The maximum atomic E-state index is 12.6. The van der Waals surface area contributed by atoms with Crippen LogP contribution < -0.4 is 15.5 Å². The van der Waals surface area contributed by atoms with Crippen molar-refractivity contribution in [3.05, 3.63) is 47.3 Å². The second-order valence-corrected chi connectivity index (χ2v) is 7.16. The molecule has 1 aromatic carbocycles. The van der Waals surface area contributed by atoms with Crippen molar-refractivity contribution in [2.45, 2.75) is 25.3 Å². The maximum absolute atomic E-state index is 12.6. The van der Waals surface area contributed by atoms with Crippen molar-refractivity contribution < 1.29 is 9.59 Å². The van der Waals surface area contributed by atoms with Gasteiger partial charge >= 0.3 is 0 Å². The summed E-state index contributed by atoms with van der Waals surface area (Å²) in [5.41, 5.74) is 4.53. The van der Waals surface area contributed by atoms with Gasteiger partial charge < -0.3 is 15.5 Å². The van der Waals surface area contributed by atoms with Crippen molar-refractivity contribution in [3.63, 3.8) is 0 Å². The third kappa shape index (κ3) is 2.60. The van der Waals surface area contributed by atoms with Gasteiger partial charge in [-0.2, -0.15) is 0 Å². The van der Waals surface area contributed by atoms with Crippen molar-refractivity contribution in [3.8, 4) is 0 Å². The molecule has 0 radical (unpaired) electrons. The zero-order chi connectivity index (χ0) is 19.3. The second kappa shape index (κ2) is 6.33. The minimum atomic E-state index is -0.160. The Morgan fingerprint density at radius 2 is 2.18 bits per heavy atom. The quantitative estimate of drug-likeness (QED) is 0.663. The first kappa shape index (κ1) is 16.7. The van der Waals surface area contributed by atoms with Crippen LogP contribution >= 0.6 is 0 Å². The van der Waals surface area contributed by atoms with Gasteiger partial charge in [-0.15, -0.1) is 5.10 Å². The standard InChI is InChI=1S/C20H20N6O2/c1-21-15-9-18(25-8-7-14-12(11-27)3-2-4-16(14)25)24-26-17(10-22-19(15)26)20(28)23-13-5-6-13/h2-4,9-11,13,21H,5-8H2,1H3,(H,23,28). The van der Waals surface area contributed by atoms with Crippen LogP contribution in [-0.4, -0.2) is 46.4 Å². The van der Waals surface area contributed by atoms with Crippen molar-refractivity contribution >= 4 is 35.0 Å². The molecule has 0 unspecified atom stereocenters. The predicted octanol–water partition coefficient (Wildman–Crippen LogP) is 2.17. The van der Waals surface area contributed by atoms with Gasteiger partial charge in [-0.05, 0) is 30.9 Å². The van der Waals surface area contributed by atoms with Crippen LogP contribution in [0.1, 0.15) is 39.3 Å². The molecule has 2 aliphatic rings. The molecule has 8 nitrogen and oxygen atoms in total. The van der Waals surface area contributed by atoms with E-state index in [0.29, 0.717) is 22.7 Å². The molecule has 0 saturated heterocycles. The smallest absolute Gasteiger partial charge is 0.271 e. The Morgan fingerprint density at radius 1 is 1.32 bits per heavy atom. The number of aldehydes is 1. The molecule has 142 valence electrons. The highest BCUT2D eigenvalue weighted by molar-refractivity contribution is 5.94. The molecular weight excluding hydrogens is 356 g/mol.